The fourth-order valence-electron chi connectivity index (χ4n) is 5.27. The van der Waals surface area contributed by atoms with Gasteiger partial charge in [0.25, 0.3) is 5.91 Å². The van der Waals surface area contributed by atoms with Crippen LogP contribution in [0.1, 0.15) is 36.7 Å². The number of aromatic amines is 1. The van der Waals surface area contributed by atoms with E-state index in [1.54, 1.807) is 26.2 Å². The van der Waals surface area contributed by atoms with Gasteiger partial charge in [-0.2, -0.15) is 0 Å². The second kappa shape index (κ2) is 8.27. The normalized spacial score (nSPS) is 19.6. The molecule has 2 aliphatic rings. The van der Waals surface area contributed by atoms with Crippen LogP contribution in [0.2, 0.25) is 0 Å². The molecule has 1 N–H and O–H groups in total. The number of nitrogens with zero attached hydrogens (tertiary/aromatic N) is 2. The number of urea groups is 1. The molecule has 178 valence electrons. The number of carbonyl (C=O) groups excluding carboxylic acids is 2. The van der Waals surface area contributed by atoms with E-state index in [4.69, 9.17) is 14.2 Å². The molecule has 8 heteroatoms. The maximum atomic E-state index is 13.7. The van der Waals surface area contributed by atoms with Gasteiger partial charge in [0.1, 0.15) is 12.1 Å². The van der Waals surface area contributed by atoms with E-state index in [0.29, 0.717) is 30.2 Å². The van der Waals surface area contributed by atoms with Crippen LogP contribution in [0.25, 0.3) is 10.9 Å². The van der Waals surface area contributed by atoms with Gasteiger partial charge in [-0.05, 0) is 35.2 Å². The minimum absolute atomic E-state index is 0.146. The Kier molecular flexibility index (Phi) is 5.38. The summed E-state index contributed by atoms with van der Waals surface area (Å²) in [6.45, 7) is 4.40. The summed E-state index contributed by atoms with van der Waals surface area (Å²) in [5.41, 5.74) is 3.71. The van der Waals surface area contributed by atoms with Crippen molar-refractivity contribution < 1.29 is 23.8 Å². The van der Waals surface area contributed by atoms with Gasteiger partial charge in [0.05, 0.1) is 21.3 Å². The molecule has 0 spiro atoms. The number of amides is 3. The van der Waals surface area contributed by atoms with Crippen LogP contribution in [0.3, 0.4) is 0 Å². The smallest absolute Gasteiger partial charge is 0.328 e. The molecule has 1 aromatic heterocycles. The highest BCUT2D eigenvalue weighted by Crippen LogP contribution is 2.47. The van der Waals surface area contributed by atoms with Crippen molar-refractivity contribution in [3.05, 3.63) is 53.2 Å². The lowest BCUT2D eigenvalue weighted by Gasteiger charge is -2.36. The molecule has 3 heterocycles. The highest BCUT2D eigenvalue weighted by Gasteiger charge is 2.52. The highest BCUT2D eigenvalue weighted by molar-refractivity contribution is 6.05. The first kappa shape index (κ1) is 22.1. The molecule has 0 saturated carbocycles. The number of carbonyl (C=O) groups is 2. The summed E-state index contributed by atoms with van der Waals surface area (Å²) in [6, 6.07) is 10.4. The summed E-state index contributed by atoms with van der Waals surface area (Å²) in [7, 11) is 4.68. The van der Waals surface area contributed by atoms with Gasteiger partial charge in [-0.3, -0.25) is 14.6 Å². The zero-order valence-electron chi connectivity index (χ0n) is 20.0. The second-order valence-corrected chi connectivity index (χ2v) is 9.18. The van der Waals surface area contributed by atoms with Crippen molar-refractivity contribution >= 4 is 22.8 Å². The van der Waals surface area contributed by atoms with Gasteiger partial charge in [0, 0.05) is 29.6 Å². The van der Waals surface area contributed by atoms with Gasteiger partial charge in [-0.25, -0.2) is 4.79 Å². The van der Waals surface area contributed by atoms with Crippen molar-refractivity contribution in [3.8, 4) is 17.2 Å². The number of hydrogen-bond donors (Lipinski definition) is 1. The zero-order valence-corrected chi connectivity index (χ0v) is 20.0. The molecule has 2 aromatic carbocycles. The van der Waals surface area contributed by atoms with E-state index in [1.165, 1.54) is 4.90 Å². The summed E-state index contributed by atoms with van der Waals surface area (Å²) in [5, 5.41) is 1.07. The van der Waals surface area contributed by atoms with Crippen molar-refractivity contribution in [2.24, 2.45) is 5.92 Å². The van der Waals surface area contributed by atoms with Crippen molar-refractivity contribution in [1.82, 2.24) is 14.8 Å². The Balaban J connectivity index is 1.74. The van der Waals surface area contributed by atoms with Crippen LogP contribution in [-0.2, 0) is 11.2 Å². The Bertz CT molecular complexity index is 1260. The third-order valence-corrected chi connectivity index (χ3v) is 6.68. The maximum Gasteiger partial charge on any atom is 0.328 e. The predicted molar refractivity (Wildman–Crippen MR) is 128 cm³/mol. The van der Waals surface area contributed by atoms with Gasteiger partial charge >= 0.3 is 6.03 Å². The second-order valence-electron chi connectivity index (χ2n) is 9.18. The fourth-order valence-corrected chi connectivity index (χ4v) is 5.27. The summed E-state index contributed by atoms with van der Waals surface area (Å²) < 4.78 is 16.7. The van der Waals surface area contributed by atoms with Gasteiger partial charge in [-0.15, -0.1) is 0 Å². The molecule has 3 aromatic rings. The molecule has 2 aliphatic heterocycles. The van der Waals surface area contributed by atoms with Crippen molar-refractivity contribution in [2.75, 3.05) is 27.9 Å². The van der Waals surface area contributed by atoms with E-state index >= 15 is 0 Å². The lowest BCUT2D eigenvalue weighted by atomic mass is 9.88. The largest absolute Gasteiger partial charge is 0.493 e. The summed E-state index contributed by atoms with van der Waals surface area (Å²) in [6.07, 6.45) is 0.472. The first-order valence-electron chi connectivity index (χ1n) is 11.4. The van der Waals surface area contributed by atoms with Gasteiger partial charge < -0.3 is 19.2 Å². The molecule has 3 amide bonds. The summed E-state index contributed by atoms with van der Waals surface area (Å²) in [4.78, 5) is 33.8. The lowest BCUT2D eigenvalue weighted by Crippen LogP contribution is -2.44. The number of imide groups is 1. The van der Waals surface area contributed by atoms with Crippen LogP contribution in [0.15, 0.2) is 36.4 Å². The van der Waals surface area contributed by atoms with Crippen LogP contribution < -0.4 is 14.2 Å². The lowest BCUT2D eigenvalue weighted by molar-refractivity contribution is -0.128. The van der Waals surface area contributed by atoms with E-state index in [9.17, 15) is 9.59 Å². The molecular formula is C26H29N3O5. The molecule has 1 unspecified atom stereocenters. The van der Waals surface area contributed by atoms with E-state index in [-0.39, 0.29) is 17.9 Å². The van der Waals surface area contributed by atoms with E-state index < -0.39 is 12.1 Å². The van der Waals surface area contributed by atoms with Crippen LogP contribution in [0.5, 0.6) is 17.2 Å². The minimum Gasteiger partial charge on any atom is -0.493 e. The Hall–Kier alpha value is -3.68. The van der Waals surface area contributed by atoms with E-state index in [2.05, 4.69) is 11.1 Å². The number of nitrogens with one attached hydrogen (secondary N) is 1. The molecule has 1 saturated heterocycles. The Morgan fingerprint density at radius 1 is 1.03 bits per heavy atom. The minimum atomic E-state index is -0.568. The van der Waals surface area contributed by atoms with Crippen LogP contribution in [-0.4, -0.2) is 60.6 Å². The monoisotopic (exact) mass is 463 g/mol. The van der Waals surface area contributed by atoms with Crippen molar-refractivity contribution in [3.63, 3.8) is 0 Å². The van der Waals surface area contributed by atoms with Gasteiger partial charge in [-0.1, -0.05) is 32.0 Å². The number of H-pyrrole nitrogens is 1. The molecule has 2 atom stereocenters. The third kappa shape index (κ3) is 3.20. The molecule has 0 bridgehead atoms. The number of benzene rings is 2. The summed E-state index contributed by atoms with van der Waals surface area (Å²) in [5.74, 6) is 1.49. The van der Waals surface area contributed by atoms with Crippen LogP contribution >= 0.6 is 0 Å². The van der Waals surface area contributed by atoms with E-state index in [0.717, 1.165) is 27.7 Å². The number of fused-ring (bicyclic) bond motifs is 4. The maximum absolute atomic E-state index is 13.7. The molecule has 0 radical (unpaired) electrons. The summed E-state index contributed by atoms with van der Waals surface area (Å²) >= 11 is 0. The Labute approximate surface area is 198 Å². The number of methoxy groups -OCH3 is 3. The van der Waals surface area contributed by atoms with Crippen LogP contribution in [0, 0.1) is 5.92 Å². The number of aromatic nitrogens is 1. The van der Waals surface area contributed by atoms with Crippen LogP contribution in [0.4, 0.5) is 4.79 Å². The van der Waals surface area contributed by atoms with Gasteiger partial charge in [0.15, 0.2) is 11.5 Å². The predicted octanol–water partition coefficient (Wildman–Crippen LogP) is 4.13. The Morgan fingerprint density at radius 3 is 2.32 bits per heavy atom. The third-order valence-electron chi connectivity index (χ3n) is 6.68. The van der Waals surface area contributed by atoms with E-state index in [1.807, 2.05) is 44.2 Å². The average Bonchev–Trinajstić information content (AvgIpc) is 3.32. The first-order valence-corrected chi connectivity index (χ1v) is 11.4. The molecule has 0 aliphatic carbocycles. The number of para-hydroxylation sites is 1. The van der Waals surface area contributed by atoms with Crippen molar-refractivity contribution in [1.29, 1.82) is 0 Å². The average molecular weight is 464 g/mol. The topological polar surface area (TPSA) is 84.1 Å². The molecule has 1 fully saturated rings. The number of ether oxygens (including phenoxy) is 3. The Morgan fingerprint density at radius 2 is 1.71 bits per heavy atom. The fraction of sp³-hybridized carbons (Fsp3) is 0.385. The molecule has 34 heavy (non-hydrogen) atoms. The zero-order chi connectivity index (χ0) is 24.1. The first-order chi connectivity index (χ1) is 16.4. The number of rotatable bonds is 6. The van der Waals surface area contributed by atoms with Crippen molar-refractivity contribution in [2.45, 2.75) is 32.4 Å². The molecule has 8 nitrogen and oxygen atoms in total. The molecular weight excluding hydrogens is 434 g/mol. The highest BCUT2D eigenvalue weighted by atomic mass is 16.5. The van der Waals surface area contributed by atoms with Gasteiger partial charge in [0.2, 0.25) is 5.75 Å². The standard InChI is InChI=1S/C26H29N3O5/c1-14(2)13-28-25(30)19-12-17-16-8-6-7-9-18(16)27-22(17)23(29(19)26(28)31)15-10-20(32-3)24(34-5)21(11-15)33-4/h6-11,14,19,23,27H,12-13H2,1-5H3/t19-,23?/m0/s1. The quantitative estimate of drug-likeness (QED) is 0.556. The number of hydrogen-bond acceptors (Lipinski definition) is 5. The molecule has 5 rings (SSSR count). The SMILES string of the molecule is COc1cc(C2c3[nH]c4ccccc4c3C[C@H]3C(=O)N(CC(C)C)C(=O)N23)cc(OC)c1OC.